The molecule has 20 heavy (non-hydrogen) atoms. The molecule has 0 radical (unpaired) electrons. The van der Waals surface area contributed by atoms with E-state index in [1.165, 1.54) is 11.1 Å². The number of rotatable bonds is 5. The molecule has 0 spiro atoms. The lowest BCUT2D eigenvalue weighted by Gasteiger charge is -2.10. The van der Waals surface area contributed by atoms with Crippen molar-refractivity contribution in [1.29, 1.82) is 0 Å². The predicted octanol–water partition coefficient (Wildman–Crippen LogP) is 5.60. The predicted molar refractivity (Wildman–Crippen MR) is 91.9 cm³/mol. The van der Waals surface area contributed by atoms with E-state index in [1.807, 2.05) is 18.2 Å². The minimum absolute atomic E-state index is 0.822. The van der Waals surface area contributed by atoms with Crippen LogP contribution in [0.3, 0.4) is 0 Å². The summed E-state index contributed by atoms with van der Waals surface area (Å²) in [5, 5.41) is 0. The van der Waals surface area contributed by atoms with E-state index in [9.17, 15) is 0 Å². The largest absolute Gasteiger partial charge is 0.264 e. The first-order valence-corrected chi connectivity index (χ1v) is 7.45. The summed E-state index contributed by atoms with van der Waals surface area (Å²) in [5.74, 6) is 0. The number of allylic oxidation sites excluding steroid dienone is 1. The molecule has 0 aliphatic carbocycles. The van der Waals surface area contributed by atoms with Gasteiger partial charge in [0.05, 0.1) is 5.69 Å². The Morgan fingerprint density at radius 2 is 1.75 bits per heavy atom. The Labute approximate surface area is 129 Å². The minimum Gasteiger partial charge on any atom is -0.264 e. The third-order valence-corrected chi connectivity index (χ3v) is 3.85. The second kappa shape index (κ2) is 6.67. The molecular formula is C18H18BrN. The summed E-state index contributed by atoms with van der Waals surface area (Å²) < 4.78 is 1.03. The van der Waals surface area contributed by atoms with Crippen molar-refractivity contribution < 1.29 is 0 Å². The van der Waals surface area contributed by atoms with Gasteiger partial charge in [-0.3, -0.25) is 4.99 Å². The average molecular weight is 328 g/mol. The van der Waals surface area contributed by atoms with E-state index < -0.39 is 0 Å². The molecule has 0 saturated heterocycles. The van der Waals surface area contributed by atoms with E-state index in [0.717, 1.165) is 34.1 Å². The second-order valence-corrected chi connectivity index (χ2v) is 5.69. The van der Waals surface area contributed by atoms with Crippen LogP contribution < -0.4 is 0 Å². The molecule has 102 valence electrons. The molecule has 0 bridgehead atoms. The van der Waals surface area contributed by atoms with Crippen molar-refractivity contribution in [2.45, 2.75) is 19.8 Å². The van der Waals surface area contributed by atoms with Crippen LogP contribution in [0.15, 0.2) is 58.5 Å². The van der Waals surface area contributed by atoms with Crippen LogP contribution in [0.5, 0.6) is 0 Å². The summed E-state index contributed by atoms with van der Waals surface area (Å²) in [6, 6.07) is 14.7. The first-order valence-electron chi connectivity index (χ1n) is 6.66. The number of aliphatic imine (C=N–C) groups is 1. The highest BCUT2D eigenvalue weighted by atomic mass is 79.9. The van der Waals surface area contributed by atoms with Crippen molar-refractivity contribution in [2.75, 3.05) is 0 Å². The molecule has 2 aromatic carbocycles. The lowest BCUT2D eigenvalue weighted by atomic mass is 9.97. The van der Waals surface area contributed by atoms with Crippen molar-refractivity contribution in [3.8, 4) is 0 Å². The average Bonchev–Trinajstić information content (AvgIpc) is 2.48. The van der Waals surface area contributed by atoms with Gasteiger partial charge in [-0.05, 0) is 54.5 Å². The molecule has 2 rings (SSSR count). The highest BCUT2D eigenvalue weighted by Gasteiger charge is 2.07. The molecule has 0 saturated carbocycles. The maximum Gasteiger partial charge on any atom is 0.0698 e. The highest BCUT2D eigenvalue weighted by Crippen LogP contribution is 2.30. The van der Waals surface area contributed by atoms with Crippen LogP contribution in [0, 0.1) is 0 Å². The molecule has 0 fully saturated rings. The second-order valence-electron chi connectivity index (χ2n) is 4.77. The molecule has 0 N–H and O–H groups in total. The van der Waals surface area contributed by atoms with Crippen molar-refractivity contribution >= 4 is 33.9 Å². The first-order chi connectivity index (χ1) is 9.63. The fourth-order valence-electron chi connectivity index (χ4n) is 2.16. The van der Waals surface area contributed by atoms with Crippen molar-refractivity contribution in [2.24, 2.45) is 4.99 Å². The third kappa shape index (κ3) is 3.45. The molecule has 2 aromatic rings. The Bertz CT molecular complexity index is 626. The van der Waals surface area contributed by atoms with Gasteiger partial charge in [0.15, 0.2) is 0 Å². The fourth-order valence-corrected chi connectivity index (χ4v) is 2.52. The monoisotopic (exact) mass is 327 g/mol. The van der Waals surface area contributed by atoms with Crippen LogP contribution in [-0.2, 0) is 12.8 Å². The quantitative estimate of drug-likeness (QED) is 0.634. The van der Waals surface area contributed by atoms with Gasteiger partial charge >= 0.3 is 0 Å². The zero-order valence-electron chi connectivity index (χ0n) is 11.7. The first kappa shape index (κ1) is 14.7. The van der Waals surface area contributed by atoms with Crippen LogP contribution in [0.2, 0.25) is 0 Å². The minimum atomic E-state index is 0.822. The van der Waals surface area contributed by atoms with Gasteiger partial charge in [0.25, 0.3) is 0 Å². The standard InChI is InChI=1S/C18H18BrN/c1-4-14-5-7-15(8-6-14)11-13(2)17-12-16(19)9-10-18(17)20-3/h5-10,12H,2-4,11H2,1H3. The Morgan fingerprint density at radius 3 is 2.35 bits per heavy atom. The van der Waals surface area contributed by atoms with E-state index in [0.29, 0.717) is 0 Å². The summed E-state index contributed by atoms with van der Waals surface area (Å²) in [5.41, 5.74) is 5.60. The normalized spacial score (nSPS) is 10.3. The smallest absolute Gasteiger partial charge is 0.0698 e. The molecule has 0 unspecified atom stereocenters. The Kier molecular flexibility index (Phi) is 4.91. The summed E-state index contributed by atoms with van der Waals surface area (Å²) in [6.07, 6.45) is 1.89. The summed E-state index contributed by atoms with van der Waals surface area (Å²) >= 11 is 3.49. The lowest BCUT2D eigenvalue weighted by Crippen LogP contribution is -1.91. The van der Waals surface area contributed by atoms with Gasteiger partial charge in [-0.1, -0.05) is 53.7 Å². The Morgan fingerprint density at radius 1 is 1.10 bits per heavy atom. The zero-order valence-corrected chi connectivity index (χ0v) is 13.3. The topological polar surface area (TPSA) is 12.4 Å². The van der Waals surface area contributed by atoms with Crippen molar-refractivity contribution in [3.63, 3.8) is 0 Å². The number of benzene rings is 2. The molecule has 0 amide bonds. The molecule has 0 atom stereocenters. The van der Waals surface area contributed by atoms with Gasteiger partial charge in [-0.25, -0.2) is 0 Å². The van der Waals surface area contributed by atoms with Gasteiger partial charge < -0.3 is 0 Å². The number of halogens is 1. The van der Waals surface area contributed by atoms with E-state index in [4.69, 9.17) is 0 Å². The van der Waals surface area contributed by atoms with Crippen LogP contribution >= 0.6 is 15.9 Å². The highest BCUT2D eigenvalue weighted by molar-refractivity contribution is 9.10. The lowest BCUT2D eigenvalue weighted by molar-refractivity contribution is 1.13. The van der Waals surface area contributed by atoms with Crippen LogP contribution in [-0.4, -0.2) is 6.72 Å². The molecule has 1 nitrogen and oxygen atoms in total. The number of hydrogen-bond acceptors (Lipinski definition) is 1. The van der Waals surface area contributed by atoms with Gasteiger partial charge in [-0.2, -0.15) is 0 Å². The SMILES string of the molecule is C=Nc1ccc(Br)cc1C(=C)Cc1ccc(CC)cc1. The summed E-state index contributed by atoms with van der Waals surface area (Å²) in [7, 11) is 0. The summed E-state index contributed by atoms with van der Waals surface area (Å²) in [4.78, 5) is 4.07. The molecule has 0 aliphatic rings. The van der Waals surface area contributed by atoms with Crippen molar-refractivity contribution in [3.05, 3.63) is 70.2 Å². The number of aryl methyl sites for hydroxylation is 1. The van der Waals surface area contributed by atoms with E-state index in [1.54, 1.807) is 0 Å². The summed E-state index contributed by atoms with van der Waals surface area (Å²) in [6.45, 7) is 10.00. The van der Waals surface area contributed by atoms with Crippen molar-refractivity contribution in [1.82, 2.24) is 0 Å². The maximum absolute atomic E-state index is 4.20. The molecule has 2 heteroatoms. The third-order valence-electron chi connectivity index (χ3n) is 3.36. The zero-order chi connectivity index (χ0) is 14.5. The maximum atomic E-state index is 4.20. The molecule has 0 aliphatic heterocycles. The number of hydrogen-bond donors (Lipinski definition) is 0. The van der Waals surface area contributed by atoms with Crippen LogP contribution in [0.1, 0.15) is 23.6 Å². The Hall–Kier alpha value is -1.67. The fraction of sp³-hybridized carbons (Fsp3) is 0.167. The van der Waals surface area contributed by atoms with Gasteiger partial charge in [0.1, 0.15) is 0 Å². The van der Waals surface area contributed by atoms with Crippen LogP contribution in [0.4, 0.5) is 5.69 Å². The molecule has 0 heterocycles. The molecular weight excluding hydrogens is 310 g/mol. The van der Waals surface area contributed by atoms with Gasteiger partial charge in [-0.15, -0.1) is 0 Å². The number of nitrogens with zero attached hydrogens (tertiary/aromatic N) is 1. The van der Waals surface area contributed by atoms with E-state index in [2.05, 4.69) is 65.4 Å². The van der Waals surface area contributed by atoms with E-state index in [-0.39, 0.29) is 0 Å². The van der Waals surface area contributed by atoms with Gasteiger partial charge in [0, 0.05) is 10.0 Å². The van der Waals surface area contributed by atoms with Crippen LogP contribution in [0.25, 0.3) is 5.57 Å². The van der Waals surface area contributed by atoms with E-state index >= 15 is 0 Å². The van der Waals surface area contributed by atoms with Gasteiger partial charge in [0.2, 0.25) is 0 Å². The molecule has 0 aromatic heterocycles. The Balaban J connectivity index is 2.23.